The lowest BCUT2D eigenvalue weighted by atomic mass is 10.1. The average Bonchev–Trinajstić information content (AvgIpc) is 2.74. The van der Waals surface area contributed by atoms with Gasteiger partial charge >= 0.3 is 0 Å². The van der Waals surface area contributed by atoms with E-state index in [9.17, 15) is 14.0 Å². The average molecular weight is 448 g/mol. The van der Waals surface area contributed by atoms with Crippen molar-refractivity contribution in [2.45, 2.75) is 30.9 Å². The van der Waals surface area contributed by atoms with Gasteiger partial charge in [0.1, 0.15) is 11.5 Å². The third-order valence-corrected chi connectivity index (χ3v) is 6.17. The van der Waals surface area contributed by atoms with Gasteiger partial charge in [0.2, 0.25) is 5.91 Å². The number of aromatic nitrogens is 2. The van der Waals surface area contributed by atoms with Gasteiger partial charge in [0.25, 0.3) is 5.56 Å². The standard InChI is InChI=1S/C25H22FN3O2S/c1-15-10-21-22(11-16(15)2)29-25(31)23(28-21)14-32-20-8-6-19(7-9-20)27-24(30)13-17-4-3-5-18(26)12-17/h3-12H,13-14H2,1-2H3,(H,27,30)(H,29,31). The zero-order valence-corrected chi connectivity index (χ0v) is 18.6. The van der Waals surface area contributed by atoms with Crippen LogP contribution in [0.3, 0.4) is 0 Å². The second kappa shape index (κ2) is 9.36. The van der Waals surface area contributed by atoms with Gasteiger partial charge in [-0.25, -0.2) is 9.37 Å². The largest absolute Gasteiger partial charge is 0.326 e. The third-order valence-electron chi connectivity index (χ3n) is 5.15. The summed E-state index contributed by atoms with van der Waals surface area (Å²) >= 11 is 1.50. The molecule has 2 N–H and O–H groups in total. The fourth-order valence-electron chi connectivity index (χ4n) is 3.31. The Balaban J connectivity index is 1.38. The summed E-state index contributed by atoms with van der Waals surface area (Å²) in [6.45, 7) is 4.03. The maximum Gasteiger partial charge on any atom is 0.271 e. The van der Waals surface area contributed by atoms with Crippen molar-refractivity contribution in [2.24, 2.45) is 0 Å². The molecule has 1 amide bonds. The summed E-state index contributed by atoms with van der Waals surface area (Å²) in [6, 6.07) is 17.3. The van der Waals surface area contributed by atoms with E-state index in [4.69, 9.17) is 0 Å². The first-order valence-electron chi connectivity index (χ1n) is 10.1. The molecule has 4 aromatic rings. The summed E-state index contributed by atoms with van der Waals surface area (Å²) in [5.41, 5.74) is 5.32. The van der Waals surface area contributed by atoms with Gasteiger partial charge in [-0.2, -0.15) is 0 Å². The Morgan fingerprint density at radius 1 is 1.06 bits per heavy atom. The molecule has 0 saturated heterocycles. The molecule has 7 heteroatoms. The number of amides is 1. The normalized spacial score (nSPS) is 11.0. The van der Waals surface area contributed by atoms with Crippen molar-refractivity contribution in [1.29, 1.82) is 0 Å². The van der Waals surface area contributed by atoms with Gasteiger partial charge in [-0.05, 0) is 79.1 Å². The van der Waals surface area contributed by atoms with Gasteiger partial charge in [0.05, 0.1) is 17.5 Å². The van der Waals surface area contributed by atoms with Crippen LogP contribution in [0.15, 0.2) is 70.4 Å². The molecular weight excluding hydrogens is 425 g/mol. The summed E-state index contributed by atoms with van der Waals surface area (Å²) < 4.78 is 13.3. The van der Waals surface area contributed by atoms with E-state index in [-0.39, 0.29) is 23.7 Å². The molecule has 0 fully saturated rings. The molecule has 0 aliphatic heterocycles. The van der Waals surface area contributed by atoms with Crippen LogP contribution in [0.2, 0.25) is 0 Å². The number of thioether (sulfide) groups is 1. The highest BCUT2D eigenvalue weighted by Gasteiger charge is 2.09. The van der Waals surface area contributed by atoms with Gasteiger partial charge in [-0.15, -0.1) is 11.8 Å². The van der Waals surface area contributed by atoms with Gasteiger partial charge in [0.15, 0.2) is 0 Å². The Bertz CT molecular complexity index is 1350. The summed E-state index contributed by atoms with van der Waals surface area (Å²) in [6.07, 6.45) is 0.101. The monoisotopic (exact) mass is 447 g/mol. The number of halogens is 1. The van der Waals surface area contributed by atoms with Crippen molar-refractivity contribution in [1.82, 2.24) is 9.97 Å². The highest BCUT2D eigenvalue weighted by molar-refractivity contribution is 7.98. The minimum Gasteiger partial charge on any atom is -0.326 e. The highest BCUT2D eigenvalue weighted by atomic mass is 32.2. The van der Waals surface area contributed by atoms with E-state index in [1.807, 2.05) is 38.1 Å². The second-order valence-corrected chi connectivity index (χ2v) is 8.68. The first kappa shape index (κ1) is 21.8. The topological polar surface area (TPSA) is 74.8 Å². The summed E-state index contributed by atoms with van der Waals surface area (Å²) in [5.74, 6) is -0.140. The molecule has 0 unspecified atom stereocenters. The van der Waals surface area contributed by atoms with Gasteiger partial charge < -0.3 is 10.3 Å². The van der Waals surface area contributed by atoms with Crippen molar-refractivity contribution >= 4 is 34.4 Å². The molecule has 5 nitrogen and oxygen atoms in total. The fourth-order valence-corrected chi connectivity index (χ4v) is 4.13. The molecule has 1 aromatic heterocycles. The lowest BCUT2D eigenvalue weighted by Gasteiger charge is -2.08. The molecule has 0 bridgehead atoms. The Labute approximate surface area is 189 Å². The van der Waals surface area contributed by atoms with E-state index < -0.39 is 0 Å². The van der Waals surface area contributed by atoms with Crippen LogP contribution in [0.1, 0.15) is 22.4 Å². The van der Waals surface area contributed by atoms with Crippen LogP contribution in [0.25, 0.3) is 11.0 Å². The molecule has 1 heterocycles. The lowest BCUT2D eigenvalue weighted by Crippen LogP contribution is -2.14. The molecule has 0 aliphatic rings. The number of anilines is 1. The van der Waals surface area contributed by atoms with Crippen LogP contribution in [-0.4, -0.2) is 15.9 Å². The van der Waals surface area contributed by atoms with Crippen LogP contribution in [-0.2, 0) is 17.0 Å². The van der Waals surface area contributed by atoms with E-state index in [0.29, 0.717) is 22.7 Å². The molecule has 162 valence electrons. The van der Waals surface area contributed by atoms with Gasteiger partial charge in [-0.1, -0.05) is 12.1 Å². The predicted molar refractivity (Wildman–Crippen MR) is 127 cm³/mol. The maximum atomic E-state index is 13.3. The molecule has 0 aliphatic carbocycles. The molecule has 0 radical (unpaired) electrons. The quantitative estimate of drug-likeness (QED) is 0.401. The van der Waals surface area contributed by atoms with E-state index in [1.165, 1.54) is 23.9 Å². The number of rotatable bonds is 6. The van der Waals surface area contributed by atoms with Gasteiger partial charge in [-0.3, -0.25) is 9.59 Å². The number of carbonyl (C=O) groups is 1. The molecule has 0 spiro atoms. The Morgan fingerprint density at radius 3 is 2.56 bits per heavy atom. The number of benzene rings is 3. The van der Waals surface area contributed by atoms with Gasteiger partial charge in [0, 0.05) is 16.3 Å². The number of H-pyrrole nitrogens is 1. The van der Waals surface area contributed by atoms with E-state index in [1.54, 1.807) is 24.3 Å². The SMILES string of the molecule is Cc1cc2nc(CSc3ccc(NC(=O)Cc4cccc(F)c4)cc3)c(=O)[nH]c2cc1C. The Kier molecular flexibility index (Phi) is 6.37. The second-order valence-electron chi connectivity index (χ2n) is 7.63. The van der Waals surface area contributed by atoms with Crippen LogP contribution in [0.5, 0.6) is 0 Å². The Hall–Kier alpha value is -3.45. The number of carbonyl (C=O) groups excluding carboxylic acids is 1. The van der Waals surface area contributed by atoms with Crippen molar-refractivity contribution < 1.29 is 9.18 Å². The minimum atomic E-state index is -0.360. The van der Waals surface area contributed by atoms with Crippen molar-refractivity contribution in [2.75, 3.05) is 5.32 Å². The van der Waals surface area contributed by atoms with Crippen LogP contribution >= 0.6 is 11.8 Å². The number of aryl methyl sites for hydroxylation is 2. The molecule has 4 rings (SSSR count). The number of hydrogen-bond donors (Lipinski definition) is 2. The summed E-state index contributed by atoms with van der Waals surface area (Å²) in [4.78, 5) is 33.0. The first-order chi connectivity index (χ1) is 15.4. The Morgan fingerprint density at radius 2 is 1.81 bits per heavy atom. The number of nitrogens with zero attached hydrogens (tertiary/aromatic N) is 1. The maximum absolute atomic E-state index is 13.3. The molecule has 3 aromatic carbocycles. The van der Waals surface area contributed by atoms with Crippen LogP contribution in [0.4, 0.5) is 10.1 Å². The smallest absolute Gasteiger partial charge is 0.271 e. The number of nitrogens with one attached hydrogen (secondary N) is 2. The third kappa shape index (κ3) is 5.23. The minimum absolute atomic E-state index is 0.101. The zero-order chi connectivity index (χ0) is 22.7. The summed E-state index contributed by atoms with van der Waals surface area (Å²) in [5, 5.41) is 2.81. The van der Waals surface area contributed by atoms with E-state index in [2.05, 4.69) is 15.3 Å². The number of aromatic amines is 1. The summed E-state index contributed by atoms with van der Waals surface area (Å²) in [7, 11) is 0. The fraction of sp³-hybridized carbons (Fsp3) is 0.160. The van der Waals surface area contributed by atoms with Crippen molar-refractivity contribution in [3.05, 3.63) is 99.2 Å². The zero-order valence-electron chi connectivity index (χ0n) is 17.7. The van der Waals surface area contributed by atoms with Crippen LogP contribution < -0.4 is 10.9 Å². The van der Waals surface area contributed by atoms with E-state index >= 15 is 0 Å². The molecule has 32 heavy (non-hydrogen) atoms. The first-order valence-corrected chi connectivity index (χ1v) is 11.1. The van der Waals surface area contributed by atoms with Crippen molar-refractivity contribution in [3.8, 4) is 0 Å². The van der Waals surface area contributed by atoms with E-state index in [0.717, 1.165) is 27.1 Å². The number of fused-ring (bicyclic) bond motifs is 1. The highest BCUT2D eigenvalue weighted by Crippen LogP contribution is 2.24. The van der Waals surface area contributed by atoms with Crippen molar-refractivity contribution in [3.63, 3.8) is 0 Å². The molecular formula is C25H22FN3O2S. The molecule has 0 atom stereocenters. The van der Waals surface area contributed by atoms with Crippen LogP contribution in [0, 0.1) is 19.7 Å². The molecule has 0 saturated carbocycles. The lowest BCUT2D eigenvalue weighted by molar-refractivity contribution is -0.115. The predicted octanol–water partition coefficient (Wildman–Crippen LogP) is 5.15. The number of hydrogen-bond acceptors (Lipinski definition) is 4.